The van der Waals surface area contributed by atoms with Crippen LogP contribution in [0, 0.1) is 0 Å². The molecule has 2 heterocycles. The SMILES string of the molecule is Cl.O=C1c2c(cc(-c3ccc(Cl)cc3Cl)cc2C(F)(F)F)[C@@H]2CNCCN12. The summed E-state index contributed by atoms with van der Waals surface area (Å²) < 4.78 is 41.1. The van der Waals surface area contributed by atoms with E-state index in [1.807, 2.05) is 0 Å². The number of nitrogens with zero attached hydrogens (tertiary/aromatic N) is 1. The molecule has 1 fully saturated rings. The summed E-state index contributed by atoms with van der Waals surface area (Å²) in [5, 5.41) is 3.79. The zero-order valence-corrected chi connectivity index (χ0v) is 16.1. The molecule has 9 heteroatoms. The van der Waals surface area contributed by atoms with Crippen molar-refractivity contribution < 1.29 is 18.0 Å². The third-order valence-electron chi connectivity index (χ3n) is 4.79. The molecule has 0 aliphatic carbocycles. The van der Waals surface area contributed by atoms with E-state index in [9.17, 15) is 18.0 Å². The van der Waals surface area contributed by atoms with Crippen molar-refractivity contribution in [1.82, 2.24) is 10.2 Å². The molecule has 2 aromatic rings. The maximum absolute atomic E-state index is 13.7. The fourth-order valence-corrected chi connectivity index (χ4v) is 4.16. The topological polar surface area (TPSA) is 32.3 Å². The summed E-state index contributed by atoms with van der Waals surface area (Å²) in [5.41, 5.74) is -0.0227. The maximum atomic E-state index is 13.7. The summed E-state index contributed by atoms with van der Waals surface area (Å²) in [7, 11) is 0. The van der Waals surface area contributed by atoms with Crippen molar-refractivity contribution in [3.05, 3.63) is 57.1 Å². The number of alkyl halides is 3. The molecule has 0 spiro atoms. The van der Waals surface area contributed by atoms with Gasteiger partial charge < -0.3 is 10.2 Å². The minimum absolute atomic E-state index is 0. The quantitative estimate of drug-likeness (QED) is 0.665. The number of fused-ring (bicyclic) bond motifs is 3. The first-order valence-corrected chi connectivity index (χ1v) is 8.75. The number of halogens is 6. The van der Waals surface area contributed by atoms with Crippen LogP contribution in [0.5, 0.6) is 0 Å². The molecule has 3 nitrogen and oxygen atoms in total. The number of carbonyl (C=O) groups is 1. The van der Waals surface area contributed by atoms with Crippen molar-refractivity contribution in [2.45, 2.75) is 12.2 Å². The molecule has 0 aromatic heterocycles. The van der Waals surface area contributed by atoms with Crippen molar-refractivity contribution in [3.63, 3.8) is 0 Å². The number of piperazine rings is 1. The number of rotatable bonds is 1. The molecule has 2 aliphatic heterocycles. The number of carbonyl (C=O) groups excluding carboxylic acids is 1. The van der Waals surface area contributed by atoms with Crippen LogP contribution in [0.2, 0.25) is 10.0 Å². The lowest BCUT2D eigenvalue weighted by molar-refractivity contribution is -0.137. The van der Waals surface area contributed by atoms with Crippen molar-refractivity contribution in [2.24, 2.45) is 0 Å². The van der Waals surface area contributed by atoms with E-state index in [0.717, 1.165) is 6.07 Å². The zero-order chi connectivity index (χ0) is 18.6. The summed E-state index contributed by atoms with van der Waals surface area (Å²) in [6, 6.07) is 6.87. The van der Waals surface area contributed by atoms with Gasteiger partial charge in [-0.2, -0.15) is 13.2 Å². The predicted molar refractivity (Wildman–Crippen MR) is 101 cm³/mol. The molecule has 1 N–H and O–H groups in total. The van der Waals surface area contributed by atoms with Crippen molar-refractivity contribution in [2.75, 3.05) is 19.6 Å². The first kappa shape index (κ1) is 20.3. The van der Waals surface area contributed by atoms with Gasteiger partial charge in [0.05, 0.1) is 17.2 Å². The molecule has 0 saturated carbocycles. The van der Waals surface area contributed by atoms with E-state index in [-0.39, 0.29) is 23.0 Å². The van der Waals surface area contributed by atoms with Gasteiger partial charge in [-0.1, -0.05) is 29.3 Å². The van der Waals surface area contributed by atoms with E-state index in [1.165, 1.54) is 11.0 Å². The first-order valence-electron chi connectivity index (χ1n) is 7.99. The summed E-state index contributed by atoms with van der Waals surface area (Å²) in [4.78, 5) is 14.1. The van der Waals surface area contributed by atoms with E-state index in [0.29, 0.717) is 41.3 Å². The van der Waals surface area contributed by atoms with Gasteiger partial charge in [-0.05, 0) is 35.4 Å². The van der Waals surface area contributed by atoms with E-state index in [4.69, 9.17) is 23.2 Å². The Morgan fingerprint density at radius 3 is 2.56 bits per heavy atom. The maximum Gasteiger partial charge on any atom is 0.417 e. The number of hydrogen-bond donors (Lipinski definition) is 1. The molecular weight excluding hydrogens is 424 g/mol. The minimum atomic E-state index is -4.64. The number of hydrogen-bond acceptors (Lipinski definition) is 2. The third-order valence-corrected chi connectivity index (χ3v) is 5.34. The molecule has 2 aromatic carbocycles. The van der Waals surface area contributed by atoms with Gasteiger partial charge in [-0.15, -0.1) is 12.4 Å². The van der Waals surface area contributed by atoms with Crippen LogP contribution in [-0.2, 0) is 6.18 Å². The summed E-state index contributed by atoms with van der Waals surface area (Å²) >= 11 is 12.1. The van der Waals surface area contributed by atoms with Crippen molar-refractivity contribution >= 4 is 41.5 Å². The van der Waals surface area contributed by atoms with Crippen LogP contribution in [0.3, 0.4) is 0 Å². The Bertz CT molecular complexity index is 917. The molecule has 1 atom stereocenters. The normalized spacial score (nSPS) is 18.8. The Balaban J connectivity index is 0.00000210. The van der Waals surface area contributed by atoms with E-state index < -0.39 is 23.7 Å². The van der Waals surface area contributed by atoms with E-state index >= 15 is 0 Å². The molecule has 4 rings (SSSR count). The average molecular weight is 438 g/mol. The second kappa shape index (κ2) is 7.17. The molecule has 0 bridgehead atoms. The number of amides is 1. The Morgan fingerprint density at radius 1 is 1.15 bits per heavy atom. The second-order valence-corrected chi connectivity index (χ2v) is 7.17. The Hall–Kier alpha value is -1.47. The highest BCUT2D eigenvalue weighted by Gasteiger charge is 2.45. The van der Waals surface area contributed by atoms with Gasteiger partial charge in [0.2, 0.25) is 0 Å². The average Bonchev–Trinajstić information content (AvgIpc) is 2.87. The van der Waals surface area contributed by atoms with Gasteiger partial charge in [0.15, 0.2) is 0 Å². The van der Waals surface area contributed by atoms with Crippen LogP contribution >= 0.6 is 35.6 Å². The van der Waals surface area contributed by atoms with Gasteiger partial charge in [0.25, 0.3) is 5.91 Å². The van der Waals surface area contributed by atoms with Crippen LogP contribution in [0.1, 0.15) is 27.5 Å². The summed E-state index contributed by atoms with van der Waals surface area (Å²) in [6.07, 6.45) is -4.64. The van der Waals surface area contributed by atoms with Crippen molar-refractivity contribution in [1.29, 1.82) is 0 Å². The number of benzene rings is 2. The zero-order valence-electron chi connectivity index (χ0n) is 13.7. The Labute approximate surface area is 169 Å². The highest BCUT2D eigenvalue weighted by Crippen LogP contribution is 2.45. The lowest BCUT2D eigenvalue weighted by Crippen LogP contribution is -2.44. The smallest absolute Gasteiger partial charge is 0.329 e. The monoisotopic (exact) mass is 436 g/mol. The van der Waals surface area contributed by atoms with Gasteiger partial charge in [-0.25, -0.2) is 0 Å². The lowest BCUT2D eigenvalue weighted by atomic mass is 9.92. The van der Waals surface area contributed by atoms with Gasteiger partial charge in [0, 0.05) is 35.2 Å². The Morgan fingerprint density at radius 2 is 1.89 bits per heavy atom. The van der Waals surface area contributed by atoms with Crippen LogP contribution in [0.4, 0.5) is 13.2 Å². The third kappa shape index (κ3) is 3.40. The van der Waals surface area contributed by atoms with Crippen molar-refractivity contribution in [3.8, 4) is 11.1 Å². The van der Waals surface area contributed by atoms with Gasteiger partial charge >= 0.3 is 6.18 Å². The number of nitrogens with one attached hydrogen (secondary N) is 1. The first-order chi connectivity index (χ1) is 12.3. The van der Waals surface area contributed by atoms with Crippen LogP contribution < -0.4 is 5.32 Å². The predicted octanol–water partition coefficient (Wildman–Crippen LogP) is 5.20. The highest BCUT2D eigenvalue weighted by molar-refractivity contribution is 6.36. The van der Waals surface area contributed by atoms with Crippen LogP contribution in [0.15, 0.2) is 30.3 Å². The van der Waals surface area contributed by atoms with Crippen LogP contribution in [-0.4, -0.2) is 30.4 Å². The van der Waals surface area contributed by atoms with Crippen LogP contribution in [0.25, 0.3) is 11.1 Å². The Kier molecular flexibility index (Phi) is 5.38. The highest BCUT2D eigenvalue weighted by atomic mass is 35.5. The van der Waals surface area contributed by atoms with Gasteiger partial charge in [-0.3, -0.25) is 4.79 Å². The molecule has 27 heavy (non-hydrogen) atoms. The summed E-state index contributed by atoms with van der Waals surface area (Å²) in [5.74, 6) is -0.562. The summed E-state index contributed by atoms with van der Waals surface area (Å²) in [6.45, 7) is 1.37. The fraction of sp³-hybridized carbons (Fsp3) is 0.278. The molecule has 1 saturated heterocycles. The molecule has 2 aliphatic rings. The molecule has 0 unspecified atom stereocenters. The largest absolute Gasteiger partial charge is 0.417 e. The van der Waals surface area contributed by atoms with E-state index in [2.05, 4.69) is 5.32 Å². The second-order valence-electron chi connectivity index (χ2n) is 6.33. The standard InChI is InChI=1S/C18H13Cl2F3N2O.ClH/c19-10-1-2-11(14(20)7-10)9-5-12-15-8-24-3-4-25(15)17(26)16(12)13(6-9)18(21,22)23;/h1-2,5-7,15,24H,3-4,8H2;1H/t15-;/m0./s1. The molecular formula is C18H14Cl3F3N2O. The molecule has 144 valence electrons. The van der Waals surface area contributed by atoms with Gasteiger partial charge in [0.1, 0.15) is 0 Å². The fourth-order valence-electron chi connectivity index (χ4n) is 3.64. The van der Waals surface area contributed by atoms with E-state index in [1.54, 1.807) is 18.2 Å². The lowest BCUT2D eigenvalue weighted by Gasteiger charge is -2.30. The molecule has 0 radical (unpaired) electrons. The molecule has 1 amide bonds. The minimum Gasteiger partial charge on any atom is -0.329 e.